The van der Waals surface area contributed by atoms with Gasteiger partial charge < -0.3 is 10.6 Å². The van der Waals surface area contributed by atoms with E-state index in [1.807, 2.05) is 0 Å². The summed E-state index contributed by atoms with van der Waals surface area (Å²) >= 11 is 9.23. The van der Waals surface area contributed by atoms with E-state index in [1.165, 1.54) is 0 Å². The normalized spacial score (nSPS) is 20.2. The zero-order valence-electron chi connectivity index (χ0n) is 8.62. The minimum atomic E-state index is -0.00356. The molecule has 1 saturated heterocycles. The number of carbonyl (C=O) groups excluding carboxylic acids is 1. The number of halogens is 2. The van der Waals surface area contributed by atoms with Gasteiger partial charge in [-0.3, -0.25) is 4.79 Å². The molecule has 1 aromatic carbocycles. The van der Waals surface area contributed by atoms with E-state index in [-0.39, 0.29) is 11.9 Å². The molecule has 0 radical (unpaired) electrons. The maximum atomic E-state index is 12.1. The topological polar surface area (TPSA) is 46.3 Å². The molecule has 0 aromatic heterocycles. The number of nitrogens with zero attached hydrogens (tertiary/aromatic N) is 1. The fraction of sp³-hybridized carbons (Fsp3) is 0.364. The summed E-state index contributed by atoms with van der Waals surface area (Å²) in [5, 5.41) is 0.557. The number of likely N-dealkylation sites (tertiary alicyclic amines) is 1. The van der Waals surface area contributed by atoms with Crippen molar-refractivity contribution < 1.29 is 4.79 Å². The highest BCUT2D eigenvalue weighted by Crippen LogP contribution is 2.21. The smallest absolute Gasteiger partial charge is 0.253 e. The Balaban J connectivity index is 2.20. The molecular weight excluding hydrogens is 291 g/mol. The predicted molar refractivity (Wildman–Crippen MR) is 67.6 cm³/mol. The van der Waals surface area contributed by atoms with Gasteiger partial charge >= 0.3 is 0 Å². The van der Waals surface area contributed by atoms with Gasteiger partial charge in [-0.25, -0.2) is 0 Å². The molecule has 16 heavy (non-hydrogen) atoms. The van der Waals surface area contributed by atoms with Crippen LogP contribution in [0.25, 0.3) is 0 Å². The van der Waals surface area contributed by atoms with Crippen molar-refractivity contribution >= 4 is 33.4 Å². The average molecular weight is 304 g/mol. The first-order chi connectivity index (χ1) is 7.56. The lowest BCUT2D eigenvalue weighted by Crippen LogP contribution is -2.31. The van der Waals surface area contributed by atoms with Crippen molar-refractivity contribution in [3.8, 4) is 0 Å². The summed E-state index contributed by atoms with van der Waals surface area (Å²) < 4.78 is 0.812. The molecular formula is C11H12BrClN2O. The quantitative estimate of drug-likeness (QED) is 0.865. The predicted octanol–water partition coefficient (Wildman–Crippen LogP) is 2.28. The molecule has 0 unspecified atom stereocenters. The highest BCUT2D eigenvalue weighted by molar-refractivity contribution is 9.10. The second kappa shape index (κ2) is 4.73. The molecule has 1 aromatic rings. The van der Waals surface area contributed by atoms with Crippen molar-refractivity contribution in [1.29, 1.82) is 0 Å². The molecule has 1 aliphatic heterocycles. The SMILES string of the molecule is N[C@@H]1CCN(C(=O)c2cc(Cl)cc(Br)c2)C1. The number of carbonyl (C=O) groups is 1. The first-order valence-corrected chi connectivity index (χ1v) is 6.24. The summed E-state index contributed by atoms with van der Waals surface area (Å²) in [6, 6.07) is 5.32. The molecule has 0 bridgehead atoms. The monoisotopic (exact) mass is 302 g/mol. The van der Waals surface area contributed by atoms with E-state index >= 15 is 0 Å². The molecule has 0 spiro atoms. The highest BCUT2D eigenvalue weighted by Gasteiger charge is 2.24. The molecule has 0 aliphatic carbocycles. The lowest BCUT2D eigenvalue weighted by Gasteiger charge is -2.16. The fourth-order valence-electron chi connectivity index (χ4n) is 1.83. The largest absolute Gasteiger partial charge is 0.337 e. The van der Waals surface area contributed by atoms with Gasteiger partial charge in [-0.15, -0.1) is 0 Å². The van der Waals surface area contributed by atoms with Gasteiger partial charge in [0.1, 0.15) is 0 Å². The molecule has 2 rings (SSSR count). The van der Waals surface area contributed by atoms with Crippen LogP contribution in [-0.4, -0.2) is 29.9 Å². The van der Waals surface area contributed by atoms with Crippen molar-refractivity contribution in [3.05, 3.63) is 33.3 Å². The van der Waals surface area contributed by atoms with Crippen LogP contribution in [0.3, 0.4) is 0 Å². The van der Waals surface area contributed by atoms with Gasteiger partial charge in [-0.2, -0.15) is 0 Å². The van der Waals surface area contributed by atoms with Crippen LogP contribution in [0.2, 0.25) is 5.02 Å². The van der Waals surface area contributed by atoms with Crippen molar-refractivity contribution in [2.45, 2.75) is 12.5 Å². The third kappa shape index (κ3) is 2.56. The van der Waals surface area contributed by atoms with Crippen LogP contribution < -0.4 is 5.73 Å². The molecule has 1 fully saturated rings. The maximum absolute atomic E-state index is 12.1. The van der Waals surface area contributed by atoms with E-state index in [0.29, 0.717) is 17.1 Å². The van der Waals surface area contributed by atoms with E-state index in [9.17, 15) is 4.79 Å². The molecule has 1 heterocycles. The molecule has 86 valence electrons. The Morgan fingerprint density at radius 1 is 1.50 bits per heavy atom. The van der Waals surface area contributed by atoms with Gasteiger partial charge in [0.15, 0.2) is 0 Å². The van der Waals surface area contributed by atoms with Gasteiger partial charge in [0.25, 0.3) is 5.91 Å². The van der Waals surface area contributed by atoms with E-state index < -0.39 is 0 Å². The highest BCUT2D eigenvalue weighted by atomic mass is 79.9. The minimum absolute atomic E-state index is 0.00356. The van der Waals surface area contributed by atoms with E-state index in [1.54, 1.807) is 23.1 Å². The van der Waals surface area contributed by atoms with Crippen LogP contribution in [0.15, 0.2) is 22.7 Å². The Kier molecular flexibility index (Phi) is 3.52. The minimum Gasteiger partial charge on any atom is -0.337 e. The number of amides is 1. The second-order valence-electron chi connectivity index (χ2n) is 3.96. The van der Waals surface area contributed by atoms with E-state index in [4.69, 9.17) is 17.3 Å². The average Bonchev–Trinajstić information content (AvgIpc) is 2.62. The van der Waals surface area contributed by atoms with Gasteiger partial charge in [0, 0.05) is 34.2 Å². The number of rotatable bonds is 1. The number of benzene rings is 1. The Morgan fingerprint density at radius 3 is 2.81 bits per heavy atom. The zero-order chi connectivity index (χ0) is 11.7. The molecule has 1 atom stereocenters. The van der Waals surface area contributed by atoms with Gasteiger partial charge in [0.05, 0.1) is 0 Å². The number of hydrogen-bond donors (Lipinski definition) is 1. The Morgan fingerprint density at radius 2 is 2.25 bits per heavy atom. The van der Waals surface area contributed by atoms with Crippen LogP contribution >= 0.6 is 27.5 Å². The van der Waals surface area contributed by atoms with Crippen molar-refractivity contribution in [1.82, 2.24) is 4.90 Å². The van der Waals surface area contributed by atoms with Crippen molar-refractivity contribution in [2.24, 2.45) is 5.73 Å². The first-order valence-electron chi connectivity index (χ1n) is 5.07. The molecule has 3 nitrogen and oxygen atoms in total. The summed E-state index contributed by atoms with van der Waals surface area (Å²) in [6.07, 6.45) is 0.869. The maximum Gasteiger partial charge on any atom is 0.253 e. The number of nitrogens with two attached hydrogens (primary N) is 1. The van der Waals surface area contributed by atoms with Crippen LogP contribution in [0.4, 0.5) is 0 Å². The van der Waals surface area contributed by atoms with Gasteiger partial charge in [0.2, 0.25) is 0 Å². The Hall–Kier alpha value is -0.580. The summed E-state index contributed by atoms with van der Waals surface area (Å²) in [4.78, 5) is 13.9. The molecule has 1 amide bonds. The zero-order valence-corrected chi connectivity index (χ0v) is 11.0. The van der Waals surface area contributed by atoms with E-state index in [2.05, 4.69) is 15.9 Å². The van der Waals surface area contributed by atoms with Crippen LogP contribution in [0.1, 0.15) is 16.8 Å². The summed E-state index contributed by atoms with van der Waals surface area (Å²) in [6.45, 7) is 1.35. The van der Waals surface area contributed by atoms with Crippen LogP contribution in [0.5, 0.6) is 0 Å². The van der Waals surface area contributed by atoms with Crippen LogP contribution in [0, 0.1) is 0 Å². The molecule has 0 saturated carbocycles. The van der Waals surface area contributed by atoms with Gasteiger partial charge in [-0.05, 0) is 24.6 Å². The number of hydrogen-bond acceptors (Lipinski definition) is 2. The summed E-state index contributed by atoms with van der Waals surface area (Å²) in [5.41, 5.74) is 6.38. The van der Waals surface area contributed by atoms with Crippen LogP contribution in [-0.2, 0) is 0 Å². The Labute approximate surface area is 108 Å². The molecule has 1 aliphatic rings. The lowest BCUT2D eigenvalue weighted by molar-refractivity contribution is 0.0791. The van der Waals surface area contributed by atoms with Crippen molar-refractivity contribution in [2.75, 3.05) is 13.1 Å². The second-order valence-corrected chi connectivity index (χ2v) is 5.31. The van der Waals surface area contributed by atoms with Gasteiger partial charge in [-0.1, -0.05) is 27.5 Å². The third-order valence-electron chi connectivity index (χ3n) is 2.62. The lowest BCUT2D eigenvalue weighted by atomic mass is 10.2. The fourth-order valence-corrected chi connectivity index (χ4v) is 2.69. The van der Waals surface area contributed by atoms with Crippen molar-refractivity contribution in [3.63, 3.8) is 0 Å². The molecule has 5 heteroatoms. The van der Waals surface area contributed by atoms with E-state index in [0.717, 1.165) is 17.4 Å². The third-order valence-corrected chi connectivity index (χ3v) is 3.30. The summed E-state index contributed by atoms with van der Waals surface area (Å²) in [7, 11) is 0. The summed E-state index contributed by atoms with van der Waals surface area (Å²) in [5.74, 6) is -0.00356. The first kappa shape index (κ1) is 11.9. The standard InChI is InChI=1S/C11H12BrClN2O/c12-8-3-7(4-9(13)5-8)11(16)15-2-1-10(14)6-15/h3-5,10H,1-2,6,14H2/t10-/m1/s1. The Bertz CT molecular complexity index is 404. The molecule has 2 N–H and O–H groups in total.